The predicted octanol–water partition coefficient (Wildman–Crippen LogP) is 4.25. The molecule has 0 aromatic heterocycles. The third-order valence-corrected chi connectivity index (χ3v) is 3.98. The molecule has 1 aliphatic carbocycles. The highest BCUT2D eigenvalue weighted by Gasteiger charge is 2.29. The number of aliphatic hydroxyl groups is 1. The summed E-state index contributed by atoms with van der Waals surface area (Å²) in [6.45, 7) is 2.25. The summed E-state index contributed by atoms with van der Waals surface area (Å²) in [6.07, 6.45) is 8.66. The van der Waals surface area contributed by atoms with Gasteiger partial charge in [0.05, 0.1) is 6.10 Å². The fraction of sp³-hybridized carbons (Fsp3) is 0.625. The highest BCUT2D eigenvalue weighted by atomic mass is 16.3. The van der Waals surface area contributed by atoms with Gasteiger partial charge in [-0.05, 0) is 29.9 Å². The first kappa shape index (κ1) is 12.6. The summed E-state index contributed by atoms with van der Waals surface area (Å²) < 4.78 is 0. The molecule has 0 amide bonds. The largest absolute Gasteiger partial charge is 0.388 e. The summed E-state index contributed by atoms with van der Waals surface area (Å²) in [6, 6.07) is 8.35. The molecule has 0 spiro atoms. The maximum absolute atomic E-state index is 10.2. The molecule has 0 fully saturated rings. The molecule has 2 atom stereocenters. The number of benzene rings is 1. The van der Waals surface area contributed by atoms with Gasteiger partial charge in [-0.2, -0.15) is 0 Å². The van der Waals surface area contributed by atoms with Crippen molar-refractivity contribution in [3.05, 3.63) is 35.4 Å². The summed E-state index contributed by atoms with van der Waals surface area (Å²) in [7, 11) is 0. The first-order valence-electron chi connectivity index (χ1n) is 7.08. The van der Waals surface area contributed by atoms with E-state index >= 15 is 0 Å². The molecule has 1 nitrogen and oxygen atoms in total. The van der Waals surface area contributed by atoms with Crippen LogP contribution >= 0.6 is 0 Å². The molecule has 1 aromatic carbocycles. The molecular weight excluding hydrogens is 208 g/mol. The summed E-state index contributed by atoms with van der Waals surface area (Å²) in [5.74, 6) is 0.467. The van der Waals surface area contributed by atoms with Crippen LogP contribution in [0, 0.1) is 5.92 Å². The van der Waals surface area contributed by atoms with Crippen LogP contribution in [0.15, 0.2) is 24.3 Å². The molecule has 0 heterocycles. The Bertz CT molecular complexity index is 345. The van der Waals surface area contributed by atoms with E-state index in [1.807, 2.05) is 6.07 Å². The summed E-state index contributed by atoms with van der Waals surface area (Å²) in [5, 5.41) is 10.2. The lowest BCUT2D eigenvalue weighted by Crippen LogP contribution is -2.06. The van der Waals surface area contributed by atoms with E-state index in [0.717, 1.165) is 6.42 Å². The van der Waals surface area contributed by atoms with Crippen molar-refractivity contribution >= 4 is 0 Å². The van der Waals surface area contributed by atoms with Crippen LogP contribution in [0.5, 0.6) is 0 Å². The van der Waals surface area contributed by atoms with Gasteiger partial charge in [0.1, 0.15) is 0 Å². The lowest BCUT2D eigenvalue weighted by Gasteiger charge is -2.14. The number of hydrogen-bond donors (Lipinski definition) is 1. The van der Waals surface area contributed by atoms with Crippen LogP contribution < -0.4 is 0 Å². The van der Waals surface area contributed by atoms with Gasteiger partial charge >= 0.3 is 0 Å². The van der Waals surface area contributed by atoms with Crippen LogP contribution in [-0.4, -0.2) is 5.11 Å². The second kappa shape index (κ2) is 6.20. The van der Waals surface area contributed by atoms with Crippen molar-refractivity contribution in [1.29, 1.82) is 0 Å². The van der Waals surface area contributed by atoms with Crippen LogP contribution in [0.4, 0.5) is 0 Å². The topological polar surface area (TPSA) is 20.2 Å². The monoisotopic (exact) mass is 232 g/mol. The molecule has 0 aliphatic heterocycles. The van der Waals surface area contributed by atoms with Gasteiger partial charge in [0.25, 0.3) is 0 Å². The van der Waals surface area contributed by atoms with Crippen molar-refractivity contribution < 1.29 is 5.11 Å². The normalized spacial score (nSPS) is 22.7. The van der Waals surface area contributed by atoms with Crippen molar-refractivity contribution in [2.45, 2.75) is 58.0 Å². The van der Waals surface area contributed by atoms with E-state index in [1.165, 1.54) is 49.7 Å². The Balaban J connectivity index is 1.78. The quantitative estimate of drug-likeness (QED) is 0.727. The molecule has 1 N–H and O–H groups in total. The van der Waals surface area contributed by atoms with Crippen LogP contribution in [0.2, 0.25) is 0 Å². The van der Waals surface area contributed by atoms with Crippen molar-refractivity contribution in [2.24, 2.45) is 5.92 Å². The third-order valence-electron chi connectivity index (χ3n) is 3.98. The van der Waals surface area contributed by atoms with Gasteiger partial charge in [-0.15, -0.1) is 0 Å². The first-order chi connectivity index (χ1) is 8.33. The van der Waals surface area contributed by atoms with Crippen molar-refractivity contribution in [3.8, 4) is 0 Å². The summed E-state index contributed by atoms with van der Waals surface area (Å²) in [4.78, 5) is 0. The first-order valence-corrected chi connectivity index (χ1v) is 7.08. The fourth-order valence-corrected chi connectivity index (χ4v) is 2.93. The Labute approximate surface area is 105 Å². The van der Waals surface area contributed by atoms with Gasteiger partial charge in [-0.3, -0.25) is 0 Å². The van der Waals surface area contributed by atoms with Crippen LogP contribution in [0.25, 0.3) is 0 Å². The molecule has 1 aliphatic rings. The van der Waals surface area contributed by atoms with Gasteiger partial charge in [-0.25, -0.2) is 0 Å². The molecule has 2 rings (SSSR count). The molecular formula is C16H24O. The van der Waals surface area contributed by atoms with E-state index in [9.17, 15) is 5.11 Å². The molecule has 0 radical (unpaired) electrons. The van der Waals surface area contributed by atoms with Crippen LogP contribution in [0.1, 0.15) is 62.7 Å². The molecule has 1 heteroatoms. The molecule has 0 saturated carbocycles. The second-order valence-corrected chi connectivity index (χ2v) is 5.31. The standard InChI is InChI=1S/C16H24O/c1-2-3-4-5-6-10-14-12-13-9-7-8-11-15(13)16(14)17/h7-9,11,14,16-17H,2-6,10,12H2,1H3. The minimum atomic E-state index is -0.211. The lowest BCUT2D eigenvalue weighted by atomic mass is 9.96. The fourth-order valence-electron chi connectivity index (χ4n) is 2.93. The maximum atomic E-state index is 10.2. The Morgan fingerprint density at radius 3 is 2.65 bits per heavy atom. The van der Waals surface area contributed by atoms with Crippen LogP contribution in [-0.2, 0) is 6.42 Å². The van der Waals surface area contributed by atoms with Crippen molar-refractivity contribution in [1.82, 2.24) is 0 Å². The molecule has 17 heavy (non-hydrogen) atoms. The average molecular weight is 232 g/mol. The van der Waals surface area contributed by atoms with E-state index in [2.05, 4.69) is 25.1 Å². The molecule has 0 saturated heterocycles. The molecule has 94 valence electrons. The highest BCUT2D eigenvalue weighted by molar-refractivity contribution is 5.34. The zero-order chi connectivity index (χ0) is 12.1. The zero-order valence-electron chi connectivity index (χ0n) is 10.9. The minimum absolute atomic E-state index is 0.211. The van der Waals surface area contributed by atoms with E-state index in [0.29, 0.717) is 5.92 Å². The third kappa shape index (κ3) is 3.10. The number of rotatable bonds is 6. The van der Waals surface area contributed by atoms with Gasteiger partial charge < -0.3 is 5.11 Å². The van der Waals surface area contributed by atoms with E-state index in [4.69, 9.17) is 0 Å². The van der Waals surface area contributed by atoms with Crippen molar-refractivity contribution in [3.63, 3.8) is 0 Å². The van der Waals surface area contributed by atoms with Gasteiger partial charge in [0, 0.05) is 0 Å². The lowest BCUT2D eigenvalue weighted by molar-refractivity contribution is 0.116. The number of hydrogen-bond acceptors (Lipinski definition) is 1. The predicted molar refractivity (Wildman–Crippen MR) is 72.0 cm³/mol. The second-order valence-electron chi connectivity index (χ2n) is 5.31. The summed E-state index contributed by atoms with van der Waals surface area (Å²) >= 11 is 0. The SMILES string of the molecule is CCCCCCCC1Cc2ccccc2C1O. The van der Waals surface area contributed by atoms with E-state index in [1.54, 1.807) is 0 Å². The molecule has 2 unspecified atom stereocenters. The van der Waals surface area contributed by atoms with Gasteiger partial charge in [-0.1, -0.05) is 63.3 Å². The Morgan fingerprint density at radius 1 is 1.12 bits per heavy atom. The summed E-state index contributed by atoms with van der Waals surface area (Å²) in [5.41, 5.74) is 2.53. The number of unbranched alkanes of at least 4 members (excludes halogenated alkanes) is 4. The Kier molecular flexibility index (Phi) is 4.61. The highest BCUT2D eigenvalue weighted by Crippen LogP contribution is 2.38. The van der Waals surface area contributed by atoms with Crippen LogP contribution in [0.3, 0.4) is 0 Å². The molecule has 0 bridgehead atoms. The molecule has 1 aromatic rings. The smallest absolute Gasteiger partial charge is 0.0824 e. The van der Waals surface area contributed by atoms with Gasteiger partial charge in [0.2, 0.25) is 0 Å². The van der Waals surface area contributed by atoms with Gasteiger partial charge in [0.15, 0.2) is 0 Å². The van der Waals surface area contributed by atoms with E-state index < -0.39 is 0 Å². The number of aliphatic hydroxyl groups excluding tert-OH is 1. The Morgan fingerprint density at radius 2 is 1.88 bits per heavy atom. The van der Waals surface area contributed by atoms with Crippen molar-refractivity contribution in [2.75, 3.05) is 0 Å². The maximum Gasteiger partial charge on any atom is 0.0824 e. The average Bonchev–Trinajstić information content (AvgIpc) is 2.67. The number of fused-ring (bicyclic) bond motifs is 1. The van der Waals surface area contributed by atoms with E-state index in [-0.39, 0.29) is 6.10 Å². The minimum Gasteiger partial charge on any atom is -0.388 e. The zero-order valence-corrected chi connectivity index (χ0v) is 10.9. The Hall–Kier alpha value is -0.820.